The van der Waals surface area contributed by atoms with E-state index in [1.807, 2.05) is 13.0 Å². The Bertz CT molecular complexity index is 663. The molecule has 2 rings (SSSR count). The van der Waals surface area contributed by atoms with Crippen LogP contribution >= 0.6 is 0 Å². The van der Waals surface area contributed by atoms with Gasteiger partial charge in [-0.05, 0) is 25.1 Å². The van der Waals surface area contributed by atoms with Gasteiger partial charge in [-0.2, -0.15) is 0 Å². The standard InChI is InChI=1S/C16H17N3O3/c1-3-5-6-13(4-2)22-10-15(21)18-12-7-11-8-14(20)19-16(11)17-9-12/h3-7,9H,2,8,10H2,1H3,(H,18,21)(H,17,19,20)/b5-3-,13-6+. The molecule has 6 heteroatoms. The molecule has 6 nitrogen and oxygen atoms in total. The summed E-state index contributed by atoms with van der Waals surface area (Å²) >= 11 is 0. The minimum Gasteiger partial charge on any atom is -0.484 e. The summed E-state index contributed by atoms with van der Waals surface area (Å²) in [4.78, 5) is 27.2. The van der Waals surface area contributed by atoms with Crippen molar-refractivity contribution in [1.29, 1.82) is 0 Å². The van der Waals surface area contributed by atoms with Gasteiger partial charge in [-0.3, -0.25) is 9.59 Å². The Labute approximate surface area is 128 Å². The van der Waals surface area contributed by atoms with E-state index in [1.54, 1.807) is 18.2 Å². The van der Waals surface area contributed by atoms with Gasteiger partial charge in [0.15, 0.2) is 6.61 Å². The molecule has 0 fully saturated rings. The Morgan fingerprint density at radius 2 is 2.41 bits per heavy atom. The summed E-state index contributed by atoms with van der Waals surface area (Å²) in [5, 5.41) is 5.31. The number of aromatic nitrogens is 1. The first-order valence-corrected chi connectivity index (χ1v) is 6.79. The van der Waals surface area contributed by atoms with Crippen LogP contribution in [-0.4, -0.2) is 23.4 Å². The van der Waals surface area contributed by atoms with Crippen LogP contribution in [-0.2, 0) is 20.7 Å². The number of allylic oxidation sites excluding steroid dienone is 4. The van der Waals surface area contributed by atoms with E-state index in [-0.39, 0.29) is 24.8 Å². The highest BCUT2D eigenvalue weighted by Crippen LogP contribution is 2.22. The first-order valence-electron chi connectivity index (χ1n) is 6.79. The van der Waals surface area contributed by atoms with Gasteiger partial charge < -0.3 is 15.4 Å². The number of amides is 2. The molecule has 0 unspecified atom stereocenters. The maximum absolute atomic E-state index is 11.8. The van der Waals surface area contributed by atoms with Crippen molar-refractivity contribution in [1.82, 2.24) is 4.98 Å². The van der Waals surface area contributed by atoms with E-state index in [0.29, 0.717) is 17.3 Å². The average molecular weight is 299 g/mol. The van der Waals surface area contributed by atoms with E-state index >= 15 is 0 Å². The number of fused-ring (bicyclic) bond motifs is 1. The van der Waals surface area contributed by atoms with Crippen LogP contribution in [0, 0.1) is 0 Å². The van der Waals surface area contributed by atoms with Crippen molar-refractivity contribution in [2.75, 3.05) is 17.2 Å². The van der Waals surface area contributed by atoms with Gasteiger partial charge in [-0.15, -0.1) is 0 Å². The number of carbonyl (C=O) groups is 2. The normalized spacial score (nSPS) is 13.7. The number of nitrogens with one attached hydrogen (secondary N) is 2. The van der Waals surface area contributed by atoms with Gasteiger partial charge in [-0.25, -0.2) is 4.98 Å². The molecule has 0 bridgehead atoms. The average Bonchev–Trinajstić information content (AvgIpc) is 2.87. The zero-order chi connectivity index (χ0) is 15.9. The molecule has 2 amide bonds. The molecule has 0 radical (unpaired) electrons. The fourth-order valence-electron chi connectivity index (χ4n) is 1.89. The summed E-state index contributed by atoms with van der Waals surface area (Å²) in [6.07, 6.45) is 8.65. The van der Waals surface area contributed by atoms with Crippen molar-refractivity contribution < 1.29 is 14.3 Å². The Morgan fingerprint density at radius 1 is 1.59 bits per heavy atom. The number of carbonyl (C=O) groups excluding carboxylic acids is 2. The number of anilines is 2. The summed E-state index contributed by atoms with van der Waals surface area (Å²) in [6.45, 7) is 5.36. The van der Waals surface area contributed by atoms with Gasteiger partial charge >= 0.3 is 0 Å². The lowest BCUT2D eigenvalue weighted by Gasteiger charge is -2.08. The third-order valence-electron chi connectivity index (χ3n) is 2.88. The van der Waals surface area contributed by atoms with E-state index in [0.717, 1.165) is 5.56 Å². The second-order valence-electron chi connectivity index (χ2n) is 4.59. The van der Waals surface area contributed by atoms with Gasteiger partial charge in [0.1, 0.15) is 11.6 Å². The predicted octanol–water partition coefficient (Wildman–Crippen LogP) is 2.18. The highest BCUT2D eigenvalue weighted by Gasteiger charge is 2.19. The van der Waals surface area contributed by atoms with Crippen molar-refractivity contribution in [3.63, 3.8) is 0 Å². The number of nitrogens with zero attached hydrogens (tertiary/aromatic N) is 1. The van der Waals surface area contributed by atoms with E-state index in [2.05, 4.69) is 22.2 Å². The maximum Gasteiger partial charge on any atom is 0.262 e. The third-order valence-corrected chi connectivity index (χ3v) is 2.88. The predicted molar refractivity (Wildman–Crippen MR) is 84.2 cm³/mol. The first kappa shape index (κ1) is 15.5. The Morgan fingerprint density at radius 3 is 3.14 bits per heavy atom. The smallest absolute Gasteiger partial charge is 0.262 e. The molecule has 1 aromatic heterocycles. The number of hydrogen-bond donors (Lipinski definition) is 2. The lowest BCUT2D eigenvalue weighted by Crippen LogP contribution is -2.18. The molecule has 0 atom stereocenters. The number of rotatable bonds is 6. The van der Waals surface area contributed by atoms with E-state index < -0.39 is 0 Å². The largest absolute Gasteiger partial charge is 0.484 e. The summed E-state index contributed by atoms with van der Waals surface area (Å²) < 4.78 is 5.33. The van der Waals surface area contributed by atoms with Gasteiger partial charge in [0, 0.05) is 5.56 Å². The highest BCUT2D eigenvalue weighted by molar-refractivity contribution is 5.99. The molecule has 1 aliphatic heterocycles. The quantitative estimate of drug-likeness (QED) is 0.623. The number of hydrogen-bond acceptors (Lipinski definition) is 4. The van der Waals surface area contributed by atoms with Crippen LogP contribution in [0.2, 0.25) is 0 Å². The van der Waals surface area contributed by atoms with Crippen LogP contribution in [0.4, 0.5) is 11.5 Å². The number of pyridine rings is 1. The molecular formula is C16H17N3O3. The zero-order valence-corrected chi connectivity index (χ0v) is 12.3. The summed E-state index contributed by atoms with van der Waals surface area (Å²) in [5.41, 5.74) is 1.30. The van der Waals surface area contributed by atoms with Gasteiger partial charge in [0.2, 0.25) is 5.91 Å². The molecule has 114 valence electrons. The third kappa shape index (κ3) is 4.05. The fourth-order valence-corrected chi connectivity index (χ4v) is 1.89. The lowest BCUT2D eigenvalue weighted by atomic mass is 10.2. The van der Waals surface area contributed by atoms with Gasteiger partial charge in [0.25, 0.3) is 5.91 Å². The second kappa shape index (κ2) is 7.21. The molecule has 0 saturated carbocycles. The van der Waals surface area contributed by atoms with Crippen molar-refractivity contribution in [2.45, 2.75) is 13.3 Å². The molecular weight excluding hydrogens is 282 g/mol. The molecule has 0 spiro atoms. The fraction of sp³-hybridized carbons (Fsp3) is 0.188. The second-order valence-corrected chi connectivity index (χ2v) is 4.59. The van der Waals surface area contributed by atoms with Crippen molar-refractivity contribution in [3.8, 4) is 0 Å². The van der Waals surface area contributed by atoms with Gasteiger partial charge in [0.05, 0.1) is 18.3 Å². The van der Waals surface area contributed by atoms with E-state index in [9.17, 15) is 9.59 Å². The molecule has 0 aromatic carbocycles. The zero-order valence-electron chi connectivity index (χ0n) is 12.3. The first-order chi connectivity index (χ1) is 10.6. The monoisotopic (exact) mass is 299 g/mol. The van der Waals surface area contributed by atoms with Crippen molar-refractivity contribution in [3.05, 3.63) is 54.5 Å². The maximum atomic E-state index is 11.8. The molecule has 1 aliphatic rings. The molecule has 2 N–H and O–H groups in total. The van der Waals surface area contributed by atoms with Crippen LogP contribution in [0.25, 0.3) is 0 Å². The minimum atomic E-state index is -0.313. The van der Waals surface area contributed by atoms with Crippen molar-refractivity contribution >= 4 is 23.3 Å². The Balaban J connectivity index is 1.91. The van der Waals surface area contributed by atoms with E-state index in [1.165, 1.54) is 12.3 Å². The molecule has 2 heterocycles. The lowest BCUT2D eigenvalue weighted by molar-refractivity contribution is -0.119. The summed E-state index contributed by atoms with van der Waals surface area (Å²) in [6, 6.07) is 1.72. The Hall–Kier alpha value is -2.89. The van der Waals surface area contributed by atoms with Crippen LogP contribution in [0.15, 0.2) is 48.9 Å². The topological polar surface area (TPSA) is 80.3 Å². The number of ether oxygens (including phenoxy) is 1. The van der Waals surface area contributed by atoms with Crippen molar-refractivity contribution in [2.24, 2.45) is 0 Å². The van der Waals surface area contributed by atoms with Crippen LogP contribution in [0.1, 0.15) is 12.5 Å². The highest BCUT2D eigenvalue weighted by atomic mass is 16.5. The van der Waals surface area contributed by atoms with Gasteiger partial charge in [-0.1, -0.05) is 18.7 Å². The Kier molecular flexibility index (Phi) is 5.08. The minimum absolute atomic E-state index is 0.0981. The molecule has 0 saturated heterocycles. The summed E-state index contributed by atoms with van der Waals surface area (Å²) in [7, 11) is 0. The van der Waals surface area contributed by atoms with Crippen LogP contribution in [0.5, 0.6) is 0 Å². The van der Waals surface area contributed by atoms with Crippen LogP contribution < -0.4 is 10.6 Å². The summed E-state index contributed by atoms with van der Waals surface area (Å²) in [5.74, 6) is 0.643. The SMILES string of the molecule is C=C/C(=C\C=C/C)OCC(=O)Nc1cnc2c(c1)CC(=O)N2. The molecule has 0 aliphatic carbocycles. The van der Waals surface area contributed by atoms with Crippen LogP contribution in [0.3, 0.4) is 0 Å². The molecule has 22 heavy (non-hydrogen) atoms. The molecule has 1 aromatic rings. The van der Waals surface area contributed by atoms with E-state index in [4.69, 9.17) is 4.74 Å².